The number of phenols is 1. The topological polar surface area (TPSA) is 152 Å². The molecule has 0 aliphatic carbocycles. The number of aromatic hydroxyl groups is 1. The Morgan fingerprint density at radius 3 is 1.85 bits per heavy atom. The second-order valence-corrected chi connectivity index (χ2v) is 8.18. The number of phenolic OH excluding ortho intramolecular Hbond substituents is 1. The lowest BCUT2D eigenvalue weighted by Gasteiger charge is -2.18. The molecule has 0 spiro atoms. The van der Waals surface area contributed by atoms with Gasteiger partial charge in [0.25, 0.3) is 0 Å². The fraction of sp³-hybridized carbons (Fsp3) is 0.300. The monoisotopic (exact) mass is 324 g/mol. The first-order valence-electron chi connectivity index (χ1n) is 5.44. The van der Waals surface area contributed by atoms with E-state index in [1.807, 2.05) is 0 Å². The van der Waals surface area contributed by atoms with Crippen LogP contribution in [0.15, 0.2) is 24.3 Å². The second-order valence-electron chi connectivity index (χ2n) is 4.17. The van der Waals surface area contributed by atoms with E-state index in [0.717, 1.165) is 0 Å². The van der Waals surface area contributed by atoms with Gasteiger partial charge >= 0.3 is 15.2 Å². The van der Waals surface area contributed by atoms with E-state index >= 15 is 0 Å². The van der Waals surface area contributed by atoms with E-state index in [1.54, 1.807) is 0 Å². The third kappa shape index (κ3) is 4.83. The number of ketones is 1. The van der Waals surface area contributed by atoms with E-state index in [4.69, 9.17) is 24.7 Å². The fourth-order valence-corrected chi connectivity index (χ4v) is 4.08. The summed E-state index contributed by atoms with van der Waals surface area (Å²) in [5.41, 5.74) is 0.179. The molecule has 0 radical (unpaired) electrons. The second kappa shape index (κ2) is 6.18. The minimum atomic E-state index is -5.01. The van der Waals surface area contributed by atoms with Gasteiger partial charge in [-0.1, -0.05) is 0 Å². The van der Waals surface area contributed by atoms with Gasteiger partial charge in [-0.25, -0.2) is 0 Å². The molecule has 1 aromatic rings. The predicted octanol–water partition coefficient (Wildman–Crippen LogP) is 1.04. The Labute approximate surface area is 114 Å². The molecule has 1 aromatic carbocycles. The predicted molar refractivity (Wildman–Crippen MR) is 69.5 cm³/mol. The molecule has 0 aromatic heterocycles. The van der Waals surface area contributed by atoms with E-state index in [1.165, 1.54) is 24.3 Å². The summed E-state index contributed by atoms with van der Waals surface area (Å²) < 4.78 is 22.1. The lowest BCUT2D eigenvalue weighted by molar-refractivity contribution is 0.0980. The number of carbonyl (C=O) groups is 1. The molecule has 5 N–H and O–H groups in total. The van der Waals surface area contributed by atoms with Crippen molar-refractivity contribution < 1.29 is 38.6 Å². The molecule has 0 fully saturated rings. The zero-order valence-corrected chi connectivity index (χ0v) is 11.9. The molecule has 0 unspecified atom stereocenters. The van der Waals surface area contributed by atoms with Gasteiger partial charge in [-0.3, -0.25) is 13.9 Å². The molecule has 20 heavy (non-hydrogen) atoms. The van der Waals surface area contributed by atoms with Crippen LogP contribution in [0.4, 0.5) is 0 Å². The highest BCUT2D eigenvalue weighted by molar-refractivity contribution is 7.70. The first kappa shape index (κ1) is 17.0. The van der Waals surface area contributed by atoms with Crippen LogP contribution in [0.25, 0.3) is 0 Å². The van der Waals surface area contributed by atoms with E-state index in [0.29, 0.717) is 0 Å². The Kier molecular flexibility index (Phi) is 5.27. The van der Waals surface area contributed by atoms with E-state index < -0.39 is 39.2 Å². The highest BCUT2D eigenvalue weighted by Gasteiger charge is 2.43. The standard InChI is InChI=1S/C10H14O8P2/c11-8-3-1-7(2-4-8)9(12)5-6-10(19(13,14)15)20(16,17)18/h1-4,10-11H,5-6H2,(H2,13,14,15)(H2,16,17,18). The smallest absolute Gasteiger partial charge is 0.340 e. The van der Waals surface area contributed by atoms with Crippen molar-refractivity contribution in [3.63, 3.8) is 0 Å². The Bertz CT molecular complexity index is 547. The molecule has 1 rings (SSSR count). The van der Waals surface area contributed by atoms with Crippen molar-refractivity contribution in [1.29, 1.82) is 0 Å². The van der Waals surface area contributed by atoms with Crippen molar-refractivity contribution in [3.8, 4) is 5.75 Å². The summed E-state index contributed by atoms with van der Waals surface area (Å²) in [6.07, 6.45) is -1.06. The van der Waals surface area contributed by atoms with E-state index in [-0.39, 0.29) is 11.3 Å². The Hall–Kier alpha value is -1.01. The van der Waals surface area contributed by atoms with Crippen LogP contribution >= 0.6 is 15.2 Å². The summed E-state index contributed by atoms with van der Waals surface area (Å²) in [7, 11) is -10.0. The zero-order chi connectivity index (χ0) is 15.6. The molecule has 0 saturated heterocycles. The fourth-order valence-electron chi connectivity index (χ4n) is 1.58. The SMILES string of the molecule is O=C(CCC(P(=O)(O)O)P(=O)(O)O)c1ccc(O)cc1. The van der Waals surface area contributed by atoms with Gasteiger partial charge in [-0.05, 0) is 30.7 Å². The quantitative estimate of drug-likeness (QED) is 0.384. The largest absolute Gasteiger partial charge is 0.508 e. The number of rotatable bonds is 6. The van der Waals surface area contributed by atoms with Crippen LogP contribution in [0.3, 0.4) is 0 Å². The first-order chi connectivity index (χ1) is 9.01. The Balaban J connectivity index is 2.79. The number of hydrogen-bond donors (Lipinski definition) is 5. The molecule has 0 bridgehead atoms. The van der Waals surface area contributed by atoms with Crippen molar-refractivity contribution in [2.45, 2.75) is 18.2 Å². The third-order valence-corrected chi connectivity index (χ3v) is 6.47. The number of benzene rings is 1. The van der Waals surface area contributed by atoms with Gasteiger partial charge in [0, 0.05) is 12.0 Å². The average Bonchev–Trinajstić information content (AvgIpc) is 2.26. The summed E-state index contributed by atoms with van der Waals surface area (Å²) >= 11 is 0. The number of Topliss-reactive ketones (excluding diaryl/α,β-unsaturated/α-hetero) is 1. The highest BCUT2D eigenvalue weighted by atomic mass is 31.2. The lowest BCUT2D eigenvalue weighted by Crippen LogP contribution is -2.12. The van der Waals surface area contributed by atoms with Crippen LogP contribution in [0.5, 0.6) is 5.75 Å². The average molecular weight is 324 g/mol. The Morgan fingerprint density at radius 1 is 1.00 bits per heavy atom. The molecule has 0 aliphatic rings. The van der Waals surface area contributed by atoms with E-state index in [9.17, 15) is 13.9 Å². The minimum Gasteiger partial charge on any atom is -0.508 e. The number of carbonyl (C=O) groups excluding carboxylic acids is 1. The van der Waals surface area contributed by atoms with Crippen LogP contribution in [-0.2, 0) is 9.13 Å². The summed E-state index contributed by atoms with van der Waals surface area (Å²) in [6.45, 7) is 0. The normalized spacial score (nSPS) is 12.7. The van der Waals surface area contributed by atoms with Crippen molar-refractivity contribution in [1.82, 2.24) is 0 Å². The molecule has 0 aliphatic heterocycles. The molecule has 0 atom stereocenters. The molecule has 8 nitrogen and oxygen atoms in total. The van der Waals surface area contributed by atoms with Gasteiger partial charge in [0.05, 0.1) is 0 Å². The van der Waals surface area contributed by atoms with Crippen molar-refractivity contribution in [2.24, 2.45) is 0 Å². The van der Waals surface area contributed by atoms with Crippen LogP contribution in [0, 0.1) is 0 Å². The van der Waals surface area contributed by atoms with Crippen molar-refractivity contribution in [2.75, 3.05) is 0 Å². The van der Waals surface area contributed by atoms with Gasteiger partial charge in [0.1, 0.15) is 5.75 Å². The van der Waals surface area contributed by atoms with Crippen LogP contribution < -0.4 is 0 Å². The third-order valence-electron chi connectivity index (χ3n) is 2.60. The molecular formula is C10H14O8P2. The molecule has 0 amide bonds. The van der Waals surface area contributed by atoms with Gasteiger partial charge in [0.15, 0.2) is 11.2 Å². The molecule has 112 valence electrons. The summed E-state index contributed by atoms with van der Waals surface area (Å²) in [4.78, 5) is 47.4. The summed E-state index contributed by atoms with van der Waals surface area (Å²) in [5.74, 6) is -0.582. The molecular weight excluding hydrogens is 310 g/mol. The van der Waals surface area contributed by atoms with Gasteiger partial charge in [-0.15, -0.1) is 0 Å². The van der Waals surface area contributed by atoms with Gasteiger partial charge < -0.3 is 24.7 Å². The van der Waals surface area contributed by atoms with E-state index in [2.05, 4.69) is 0 Å². The van der Waals surface area contributed by atoms with Crippen LogP contribution in [0.2, 0.25) is 0 Å². The molecule has 10 heteroatoms. The zero-order valence-electron chi connectivity index (χ0n) is 10.2. The summed E-state index contributed by atoms with van der Waals surface area (Å²) in [6, 6.07) is 5.14. The van der Waals surface area contributed by atoms with Crippen LogP contribution in [0.1, 0.15) is 23.2 Å². The van der Waals surface area contributed by atoms with Crippen molar-refractivity contribution >= 4 is 21.0 Å². The molecule has 0 heterocycles. The molecule has 0 saturated carbocycles. The van der Waals surface area contributed by atoms with Gasteiger partial charge in [0.2, 0.25) is 0 Å². The first-order valence-corrected chi connectivity index (χ1v) is 8.81. The minimum absolute atomic E-state index is 0.0511. The lowest BCUT2D eigenvalue weighted by atomic mass is 10.1. The maximum absolute atomic E-state index is 11.7. The number of hydrogen-bond acceptors (Lipinski definition) is 4. The maximum atomic E-state index is 11.7. The maximum Gasteiger partial charge on any atom is 0.340 e. The van der Waals surface area contributed by atoms with Crippen LogP contribution in [-0.4, -0.2) is 35.9 Å². The highest BCUT2D eigenvalue weighted by Crippen LogP contribution is 2.61. The van der Waals surface area contributed by atoms with Crippen molar-refractivity contribution in [3.05, 3.63) is 29.8 Å². The summed E-state index contributed by atoms with van der Waals surface area (Å²) in [5, 5.41) is 6.87. The Morgan fingerprint density at radius 2 is 1.45 bits per heavy atom. The van der Waals surface area contributed by atoms with Gasteiger partial charge in [-0.2, -0.15) is 0 Å².